The third kappa shape index (κ3) is 3.36. The molecule has 5 rings (SSSR count). The molecule has 29 heavy (non-hydrogen) atoms. The summed E-state index contributed by atoms with van der Waals surface area (Å²) in [5.41, 5.74) is 3.04. The number of aromatic nitrogens is 5. The van der Waals surface area contributed by atoms with Crippen LogP contribution in [0.5, 0.6) is 5.75 Å². The maximum atomic E-state index is 5.93. The van der Waals surface area contributed by atoms with E-state index in [9.17, 15) is 0 Å². The summed E-state index contributed by atoms with van der Waals surface area (Å²) < 4.78 is 7.00. The van der Waals surface area contributed by atoms with E-state index < -0.39 is 0 Å². The molecule has 0 amide bonds. The van der Waals surface area contributed by atoms with E-state index in [2.05, 4.69) is 37.0 Å². The standard InChI is InChI=1S/C20H19ClN6OS/c1-11-12(2)25-26-20-16(11)17-18(29-20)19(24-10-23-17)27-6-4-13(8-27)9-28-14-3-5-22-15(21)7-14/h3,5,7,10,13H,4,6,8-9H2,1-2H3. The number of rotatable bonds is 4. The lowest BCUT2D eigenvalue weighted by Gasteiger charge is -2.18. The number of hydrogen-bond donors (Lipinski definition) is 0. The zero-order valence-electron chi connectivity index (χ0n) is 16.1. The second-order valence-electron chi connectivity index (χ2n) is 7.29. The molecule has 1 aliphatic heterocycles. The van der Waals surface area contributed by atoms with Gasteiger partial charge in [-0.25, -0.2) is 15.0 Å². The summed E-state index contributed by atoms with van der Waals surface area (Å²) in [4.78, 5) is 16.4. The van der Waals surface area contributed by atoms with Gasteiger partial charge in [-0.2, -0.15) is 5.10 Å². The van der Waals surface area contributed by atoms with Crippen LogP contribution in [0.2, 0.25) is 5.15 Å². The van der Waals surface area contributed by atoms with Crippen LogP contribution in [0.1, 0.15) is 17.7 Å². The average Bonchev–Trinajstić information content (AvgIpc) is 3.34. The van der Waals surface area contributed by atoms with Crippen molar-refractivity contribution >= 4 is 49.2 Å². The van der Waals surface area contributed by atoms with Gasteiger partial charge < -0.3 is 9.64 Å². The molecule has 4 aromatic heterocycles. The van der Waals surface area contributed by atoms with Crippen molar-refractivity contribution < 1.29 is 4.74 Å². The Kier molecular flexibility index (Phi) is 4.67. The van der Waals surface area contributed by atoms with E-state index in [4.69, 9.17) is 16.3 Å². The Morgan fingerprint density at radius 2 is 2.14 bits per heavy atom. The van der Waals surface area contributed by atoms with E-state index >= 15 is 0 Å². The molecule has 1 atom stereocenters. The second kappa shape index (κ2) is 7.35. The number of halogens is 1. The zero-order valence-corrected chi connectivity index (χ0v) is 17.7. The first-order chi connectivity index (χ1) is 14.1. The monoisotopic (exact) mass is 426 g/mol. The smallest absolute Gasteiger partial charge is 0.150 e. The minimum Gasteiger partial charge on any atom is -0.493 e. The van der Waals surface area contributed by atoms with Crippen LogP contribution in [-0.2, 0) is 0 Å². The van der Waals surface area contributed by atoms with E-state index in [0.29, 0.717) is 17.7 Å². The maximum absolute atomic E-state index is 5.93. The third-order valence-corrected chi connectivity index (χ3v) is 6.68. The van der Waals surface area contributed by atoms with Gasteiger partial charge in [0.2, 0.25) is 0 Å². The quantitative estimate of drug-likeness (QED) is 0.452. The molecule has 1 aliphatic rings. The first-order valence-corrected chi connectivity index (χ1v) is 10.7. The highest BCUT2D eigenvalue weighted by molar-refractivity contribution is 7.26. The van der Waals surface area contributed by atoms with E-state index in [1.165, 1.54) is 0 Å². The molecule has 4 aromatic rings. The van der Waals surface area contributed by atoms with Crippen molar-refractivity contribution in [2.75, 3.05) is 24.6 Å². The fourth-order valence-corrected chi connectivity index (χ4v) is 5.06. The van der Waals surface area contributed by atoms with Gasteiger partial charge in [-0.1, -0.05) is 11.6 Å². The van der Waals surface area contributed by atoms with Crippen molar-refractivity contribution in [2.24, 2.45) is 5.92 Å². The topological polar surface area (TPSA) is 76.9 Å². The minimum absolute atomic E-state index is 0.421. The highest BCUT2D eigenvalue weighted by atomic mass is 35.5. The summed E-state index contributed by atoms with van der Waals surface area (Å²) in [6.07, 6.45) is 4.36. The number of ether oxygens (including phenoxy) is 1. The Morgan fingerprint density at radius 3 is 3.00 bits per heavy atom. The Labute approximate surface area is 176 Å². The molecule has 0 bridgehead atoms. The highest BCUT2D eigenvalue weighted by Gasteiger charge is 2.27. The minimum atomic E-state index is 0.421. The zero-order chi connectivity index (χ0) is 20.0. The predicted octanol–water partition coefficient (Wildman–Crippen LogP) is 4.21. The van der Waals surface area contributed by atoms with Gasteiger partial charge in [0, 0.05) is 36.7 Å². The lowest BCUT2D eigenvalue weighted by molar-refractivity contribution is 0.261. The van der Waals surface area contributed by atoms with E-state index in [1.54, 1.807) is 29.9 Å². The van der Waals surface area contributed by atoms with Gasteiger partial charge in [0.25, 0.3) is 0 Å². The second-order valence-corrected chi connectivity index (χ2v) is 8.68. The predicted molar refractivity (Wildman–Crippen MR) is 115 cm³/mol. The number of fused-ring (bicyclic) bond motifs is 3. The lowest BCUT2D eigenvalue weighted by Crippen LogP contribution is -2.22. The Morgan fingerprint density at radius 1 is 1.24 bits per heavy atom. The van der Waals surface area contributed by atoms with Crippen LogP contribution in [0.25, 0.3) is 20.4 Å². The van der Waals surface area contributed by atoms with Gasteiger partial charge in [0.05, 0.1) is 22.5 Å². The summed E-state index contributed by atoms with van der Waals surface area (Å²) in [6, 6.07) is 3.57. The first kappa shape index (κ1) is 18.4. The molecule has 5 heterocycles. The molecular formula is C20H19ClN6OS. The molecule has 0 saturated carbocycles. The van der Waals surface area contributed by atoms with Crippen molar-refractivity contribution in [3.63, 3.8) is 0 Å². The van der Waals surface area contributed by atoms with Gasteiger partial charge in [-0.3, -0.25) is 0 Å². The van der Waals surface area contributed by atoms with Crippen LogP contribution in [0.15, 0.2) is 24.7 Å². The van der Waals surface area contributed by atoms with Gasteiger partial charge in [-0.15, -0.1) is 16.4 Å². The lowest BCUT2D eigenvalue weighted by atomic mass is 10.1. The fraction of sp³-hybridized carbons (Fsp3) is 0.350. The number of hydrogen-bond acceptors (Lipinski definition) is 8. The molecular weight excluding hydrogens is 408 g/mol. The van der Waals surface area contributed by atoms with E-state index in [0.717, 1.165) is 62.8 Å². The molecule has 0 aliphatic carbocycles. The van der Waals surface area contributed by atoms with Crippen LogP contribution < -0.4 is 9.64 Å². The summed E-state index contributed by atoms with van der Waals surface area (Å²) in [7, 11) is 0. The van der Waals surface area contributed by atoms with Crippen LogP contribution in [0.3, 0.4) is 0 Å². The van der Waals surface area contributed by atoms with Crippen molar-refractivity contribution in [1.82, 2.24) is 25.1 Å². The SMILES string of the molecule is Cc1nnc2sc3c(N4CCC(COc5ccnc(Cl)c5)C4)ncnc3c2c1C. The van der Waals surface area contributed by atoms with Gasteiger partial charge in [0.1, 0.15) is 27.9 Å². The first-order valence-electron chi connectivity index (χ1n) is 9.46. The number of anilines is 1. The number of pyridine rings is 1. The van der Waals surface area contributed by atoms with E-state index in [-0.39, 0.29) is 0 Å². The van der Waals surface area contributed by atoms with Crippen LogP contribution in [0.4, 0.5) is 5.82 Å². The maximum Gasteiger partial charge on any atom is 0.150 e. The molecule has 1 saturated heterocycles. The molecule has 148 valence electrons. The van der Waals surface area contributed by atoms with Crippen molar-refractivity contribution in [1.29, 1.82) is 0 Å². The van der Waals surface area contributed by atoms with Gasteiger partial charge >= 0.3 is 0 Å². The fourth-order valence-electron chi connectivity index (χ4n) is 3.75. The summed E-state index contributed by atoms with van der Waals surface area (Å²) >= 11 is 7.55. The summed E-state index contributed by atoms with van der Waals surface area (Å²) in [6.45, 7) is 6.53. The molecule has 1 fully saturated rings. The van der Waals surface area contributed by atoms with E-state index in [1.807, 2.05) is 13.0 Å². The third-order valence-electron chi connectivity index (χ3n) is 5.41. The number of aryl methyl sites for hydroxylation is 2. The van der Waals surface area contributed by atoms with Crippen LogP contribution >= 0.6 is 22.9 Å². The normalized spacial score (nSPS) is 16.8. The Bertz CT molecular complexity index is 1210. The largest absolute Gasteiger partial charge is 0.493 e. The Balaban J connectivity index is 1.39. The van der Waals surface area contributed by atoms with Crippen LogP contribution in [-0.4, -0.2) is 44.8 Å². The number of thiophene rings is 1. The molecule has 7 nitrogen and oxygen atoms in total. The molecule has 0 aromatic carbocycles. The molecule has 0 spiro atoms. The van der Waals surface area contributed by atoms with Gasteiger partial charge in [0.15, 0.2) is 0 Å². The van der Waals surface area contributed by atoms with Gasteiger partial charge in [-0.05, 0) is 31.9 Å². The van der Waals surface area contributed by atoms with Crippen molar-refractivity contribution in [2.45, 2.75) is 20.3 Å². The summed E-state index contributed by atoms with van der Waals surface area (Å²) in [5.74, 6) is 2.15. The van der Waals surface area contributed by atoms with Crippen molar-refractivity contribution in [3.05, 3.63) is 41.1 Å². The Hall–Kier alpha value is -2.58. The average molecular weight is 427 g/mol. The van der Waals surface area contributed by atoms with Crippen molar-refractivity contribution in [3.8, 4) is 5.75 Å². The highest BCUT2D eigenvalue weighted by Crippen LogP contribution is 2.39. The molecule has 0 radical (unpaired) electrons. The van der Waals surface area contributed by atoms with Crippen LogP contribution in [0, 0.1) is 19.8 Å². The number of nitrogens with zero attached hydrogens (tertiary/aromatic N) is 6. The molecule has 1 unspecified atom stereocenters. The summed E-state index contributed by atoms with van der Waals surface area (Å²) in [5, 5.41) is 10.2. The molecule has 9 heteroatoms. The molecule has 0 N–H and O–H groups in total.